The number of rotatable bonds is 1. The van der Waals surface area contributed by atoms with Crippen LogP contribution in [0.1, 0.15) is 30.2 Å². The van der Waals surface area contributed by atoms with Crippen LogP contribution in [0, 0.1) is 0 Å². The quantitative estimate of drug-likeness (QED) is 0.707. The molecule has 1 atom stereocenters. The monoisotopic (exact) mass is 386 g/mol. The lowest BCUT2D eigenvalue weighted by Gasteiger charge is -2.18. The Morgan fingerprint density at radius 3 is 2.21 bits per heavy atom. The zero-order valence-electron chi connectivity index (χ0n) is 11.9. The molecule has 1 aliphatic rings. The zero-order valence-corrected chi connectivity index (χ0v) is 13.4. The van der Waals surface area contributed by atoms with Crippen molar-refractivity contribution in [3.8, 4) is 5.69 Å². The maximum atomic E-state index is 13.9. The molecule has 0 saturated carbocycles. The van der Waals surface area contributed by atoms with Gasteiger partial charge in [-0.25, -0.2) is 4.68 Å². The van der Waals surface area contributed by atoms with E-state index in [-0.39, 0.29) is 11.3 Å². The van der Waals surface area contributed by atoms with Crippen LogP contribution in [0.2, 0.25) is 10.0 Å². The van der Waals surface area contributed by atoms with Gasteiger partial charge in [0.2, 0.25) is 0 Å². The van der Waals surface area contributed by atoms with Gasteiger partial charge in [0, 0.05) is 11.8 Å². The van der Waals surface area contributed by atoms with Crippen LogP contribution in [-0.4, -0.2) is 14.9 Å². The summed E-state index contributed by atoms with van der Waals surface area (Å²) < 4.78 is 67.0. The summed E-state index contributed by atoms with van der Waals surface area (Å²) in [7, 11) is 0. The van der Waals surface area contributed by atoms with Crippen LogP contribution in [0.25, 0.3) is 5.69 Å². The van der Waals surface area contributed by atoms with E-state index in [9.17, 15) is 27.1 Å². The highest BCUT2D eigenvalue weighted by Crippen LogP contribution is 2.50. The van der Waals surface area contributed by atoms with E-state index >= 15 is 0 Å². The predicted molar refractivity (Wildman–Crippen MR) is 76.7 cm³/mol. The van der Waals surface area contributed by atoms with E-state index in [4.69, 9.17) is 23.2 Å². The van der Waals surface area contributed by atoms with Crippen molar-refractivity contribution in [2.45, 2.75) is 31.0 Å². The summed E-state index contributed by atoms with van der Waals surface area (Å²) in [5.41, 5.74) is -3.84. The van der Waals surface area contributed by atoms with E-state index < -0.39 is 45.4 Å². The Labute approximate surface area is 142 Å². The summed E-state index contributed by atoms with van der Waals surface area (Å²) in [6.07, 6.45) is -4.39. The van der Waals surface area contributed by atoms with E-state index in [1.807, 2.05) is 0 Å². The van der Waals surface area contributed by atoms with Crippen LogP contribution < -0.4 is 0 Å². The molecule has 0 aliphatic heterocycles. The first-order chi connectivity index (χ1) is 10.8. The van der Waals surface area contributed by atoms with Crippen molar-refractivity contribution in [1.82, 2.24) is 9.78 Å². The summed E-state index contributed by atoms with van der Waals surface area (Å²) in [6, 6.07) is 1.26. The second-order valence-corrected chi connectivity index (χ2v) is 6.59. The Morgan fingerprint density at radius 2 is 1.75 bits per heavy atom. The van der Waals surface area contributed by atoms with E-state index in [1.165, 1.54) is 6.92 Å². The van der Waals surface area contributed by atoms with Gasteiger partial charge in [0.1, 0.15) is 11.4 Å². The minimum Gasteiger partial charge on any atom is -0.385 e. The lowest BCUT2D eigenvalue weighted by molar-refractivity contribution is -0.137. The smallest absolute Gasteiger partial charge is 0.385 e. The normalized spacial score (nSPS) is 22.7. The van der Waals surface area contributed by atoms with Crippen molar-refractivity contribution < 1.29 is 27.1 Å². The summed E-state index contributed by atoms with van der Waals surface area (Å²) in [5, 5.41) is 13.0. The Bertz CT molecular complexity index is 775. The topological polar surface area (TPSA) is 38.1 Å². The number of benzene rings is 1. The van der Waals surface area contributed by atoms with Gasteiger partial charge < -0.3 is 5.11 Å². The second kappa shape index (κ2) is 5.06. The lowest BCUT2D eigenvalue weighted by Crippen LogP contribution is -2.21. The highest BCUT2D eigenvalue weighted by molar-refractivity contribution is 6.37. The van der Waals surface area contributed by atoms with Crippen LogP contribution in [0.3, 0.4) is 0 Å². The first-order valence-corrected chi connectivity index (χ1v) is 7.36. The number of alkyl halides is 5. The van der Waals surface area contributed by atoms with Crippen LogP contribution in [0.15, 0.2) is 18.3 Å². The van der Waals surface area contributed by atoms with E-state index in [2.05, 4.69) is 5.10 Å². The standard InChI is InChI=1S/C14H9Cl2F5N2O/c1-12(24)5-13(17,18)11-7(12)4-23(22-11)10-8(15)2-6(3-9(10)16)14(19,20)21/h2-4,24H,5H2,1H3. The Hall–Kier alpha value is -1.38. The van der Waals surface area contributed by atoms with Gasteiger partial charge in [-0.3, -0.25) is 0 Å². The zero-order chi connectivity index (χ0) is 18.1. The number of aliphatic hydroxyl groups is 1. The lowest BCUT2D eigenvalue weighted by atomic mass is 10.0. The minimum absolute atomic E-state index is 0.125. The summed E-state index contributed by atoms with van der Waals surface area (Å²) in [5.74, 6) is -3.37. The fraction of sp³-hybridized carbons (Fsp3) is 0.357. The molecule has 0 saturated heterocycles. The number of hydrogen-bond donors (Lipinski definition) is 1. The van der Waals surface area contributed by atoms with Crippen molar-refractivity contribution in [3.05, 3.63) is 45.2 Å². The minimum atomic E-state index is -4.66. The average molecular weight is 387 g/mol. The highest BCUT2D eigenvalue weighted by Gasteiger charge is 2.53. The molecule has 10 heteroatoms. The Morgan fingerprint density at radius 1 is 1.21 bits per heavy atom. The van der Waals surface area contributed by atoms with Crippen LogP contribution in [0.4, 0.5) is 22.0 Å². The number of fused-ring (bicyclic) bond motifs is 1. The molecule has 0 fully saturated rings. The molecule has 3 rings (SSSR count). The SMILES string of the molecule is CC1(O)CC(F)(F)c2nn(-c3c(Cl)cc(C(F)(F)F)cc3Cl)cc21. The maximum absolute atomic E-state index is 13.9. The molecule has 1 heterocycles. The average Bonchev–Trinajstić information content (AvgIpc) is 2.87. The molecule has 24 heavy (non-hydrogen) atoms. The molecule has 1 unspecified atom stereocenters. The summed E-state index contributed by atoms with van der Waals surface area (Å²) in [4.78, 5) is 0. The van der Waals surface area contributed by atoms with Gasteiger partial charge in [-0.05, 0) is 19.1 Å². The number of nitrogens with zero attached hydrogens (tertiary/aromatic N) is 2. The van der Waals surface area contributed by atoms with Gasteiger partial charge in [0.25, 0.3) is 5.92 Å². The van der Waals surface area contributed by atoms with Crippen LogP contribution in [0.5, 0.6) is 0 Å². The molecular weight excluding hydrogens is 378 g/mol. The van der Waals surface area contributed by atoms with Crippen LogP contribution >= 0.6 is 23.2 Å². The first kappa shape index (κ1) is 17.4. The third-order valence-electron chi connectivity index (χ3n) is 3.78. The third-order valence-corrected chi connectivity index (χ3v) is 4.36. The molecule has 130 valence electrons. The molecule has 1 aliphatic carbocycles. The fourth-order valence-electron chi connectivity index (χ4n) is 2.71. The van der Waals surface area contributed by atoms with E-state index in [0.29, 0.717) is 12.1 Å². The molecular formula is C14H9Cl2F5N2O. The molecule has 0 spiro atoms. The highest BCUT2D eigenvalue weighted by atomic mass is 35.5. The molecule has 2 aromatic rings. The van der Waals surface area contributed by atoms with Crippen molar-refractivity contribution in [3.63, 3.8) is 0 Å². The van der Waals surface area contributed by atoms with Crippen LogP contribution in [-0.2, 0) is 17.7 Å². The Balaban J connectivity index is 2.16. The first-order valence-electron chi connectivity index (χ1n) is 6.60. The molecule has 3 nitrogen and oxygen atoms in total. The Kier molecular flexibility index (Phi) is 3.68. The van der Waals surface area contributed by atoms with Crippen molar-refractivity contribution in [1.29, 1.82) is 0 Å². The van der Waals surface area contributed by atoms with E-state index in [1.54, 1.807) is 0 Å². The van der Waals surface area contributed by atoms with Crippen molar-refractivity contribution in [2.75, 3.05) is 0 Å². The summed E-state index contributed by atoms with van der Waals surface area (Å²) >= 11 is 11.7. The number of halogens is 7. The molecule has 1 N–H and O–H groups in total. The summed E-state index contributed by atoms with van der Waals surface area (Å²) in [6.45, 7) is 1.20. The van der Waals surface area contributed by atoms with Crippen molar-refractivity contribution in [2.24, 2.45) is 0 Å². The molecule has 1 aromatic carbocycles. The van der Waals surface area contributed by atoms with E-state index in [0.717, 1.165) is 10.9 Å². The molecule has 0 bridgehead atoms. The largest absolute Gasteiger partial charge is 0.416 e. The second-order valence-electron chi connectivity index (χ2n) is 5.78. The molecule has 0 radical (unpaired) electrons. The maximum Gasteiger partial charge on any atom is 0.416 e. The number of aromatic nitrogens is 2. The molecule has 0 amide bonds. The molecule has 1 aromatic heterocycles. The van der Waals surface area contributed by atoms with Gasteiger partial charge >= 0.3 is 6.18 Å². The fourth-order valence-corrected chi connectivity index (χ4v) is 3.37. The third kappa shape index (κ3) is 2.66. The van der Waals surface area contributed by atoms with Gasteiger partial charge in [0.15, 0.2) is 0 Å². The predicted octanol–water partition coefficient (Wildman–Crippen LogP) is 4.90. The van der Waals surface area contributed by atoms with Gasteiger partial charge in [0.05, 0.1) is 27.6 Å². The van der Waals surface area contributed by atoms with Crippen molar-refractivity contribution >= 4 is 23.2 Å². The van der Waals surface area contributed by atoms with Gasteiger partial charge in [-0.2, -0.15) is 27.1 Å². The van der Waals surface area contributed by atoms with Gasteiger partial charge in [-0.15, -0.1) is 0 Å². The van der Waals surface area contributed by atoms with Gasteiger partial charge in [-0.1, -0.05) is 23.2 Å². The number of hydrogen-bond acceptors (Lipinski definition) is 2.